The lowest BCUT2D eigenvalue weighted by Gasteiger charge is -2.44. The van der Waals surface area contributed by atoms with Crippen LogP contribution in [0.5, 0.6) is 0 Å². The minimum Gasteiger partial charge on any atom is -0.481 e. The van der Waals surface area contributed by atoms with Gasteiger partial charge >= 0.3 is 5.97 Å². The Morgan fingerprint density at radius 1 is 1.30 bits per heavy atom. The molecule has 1 atom stereocenters. The number of anilines is 1. The number of fused-ring (bicyclic) bond motifs is 4. The SMILES string of the molecule is O=C(O)CCCNc1ccc2[nH]nc(C(=O)N[C@@H]3CN4CCC3CC4)c2c1. The number of nitrogens with zero attached hydrogens (tertiary/aromatic N) is 2. The van der Waals surface area contributed by atoms with Crippen LogP contribution in [-0.4, -0.2) is 64.3 Å². The molecule has 3 aliphatic rings. The molecule has 0 unspecified atom stereocenters. The topological polar surface area (TPSA) is 110 Å². The van der Waals surface area contributed by atoms with Crippen molar-refractivity contribution in [3.8, 4) is 0 Å². The summed E-state index contributed by atoms with van der Waals surface area (Å²) < 4.78 is 0. The molecule has 1 aromatic carbocycles. The van der Waals surface area contributed by atoms with Crippen molar-refractivity contribution in [3.63, 3.8) is 0 Å². The molecule has 3 fully saturated rings. The van der Waals surface area contributed by atoms with E-state index in [9.17, 15) is 9.59 Å². The number of hydrogen-bond donors (Lipinski definition) is 4. The predicted molar refractivity (Wildman–Crippen MR) is 102 cm³/mol. The molecule has 0 saturated carbocycles. The molecule has 8 nitrogen and oxygen atoms in total. The number of benzene rings is 1. The lowest BCUT2D eigenvalue weighted by molar-refractivity contribution is -0.137. The summed E-state index contributed by atoms with van der Waals surface area (Å²) in [5, 5.41) is 23.0. The van der Waals surface area contributed by atoms with Gasteiger partial charge < -0.3 is 20.6 Å². The lowest BCUT2D eigenvalue weighted by Crippen LogP contribution is -2.57. The highest BCUT2D eigenvalue weighted by atomic mass is 16.4. The summed E-state index contributed by atoms with van der Waals surface area (Å²) in [6.07, 6.45) is 2.98. The van der Waals surface area contributed by atoms with E-state index in [4.69, 9.17) is 5.11 Å². The fraction of sp³-hybridized carbons (Fsp3) is 0.526. The molecule has 2 bridgehead atoms. The molecule has 3 aliphatic heterocycles. The van der Waals surface area contributed by atoms with Crippen LogP contribution in [0, 0.1) is 5.92 Å². The maximum atomic E-state index is 12.8. The summed E-state index contributed by atoms with van der Waals surface area (Å²) in [5.41, 5.74) is 2.08. The number of aliphatic carboxylic acids is 1. The van der Waals surface area contributed by atoms with Crippen molar-refractivity contribution < 1.29 is 14.7 Å². The number of rotatable bonds is 7. The first-order valence-corrected chi connectivity index (χ1v) is 9.57. The maximum Gasteiger partial charge on any atom is 0.303 e. The van der Waals surface area contributed by atoms with E-state index >= 15 is 0 Å². The number of carbonyl (C=O) groups excluding carboxylic acids is 1. The van der Waals surface area contributed by atoms with E-state index in [1.807, 2.05) is 18.2 Å². The van der Waals surface area contributed by atoms with Crippen LogP contribution in [0.3, 0.4) is 0 Å². The number of aromatic nitrogens is 2. The molecule has 5 rings (SSSR count). The van der Waals surface area contributed by atoms with Gasteiger partial charge in [0.25, 0.3) is 5.91 Å². The summed E-state index contributed by atoms with van der Waals surface area (Å²) in [5.74, 6) is -0.368. The number of nitrogens with one attached hydrogen (secondary N) is 3. The zero-order valence-corrected chi connectivity index (χ0v) is 15.2. The third kappa shape index (κ3) is 3.90. The molecule has 8 heteroatoms. The fourth-order valence-electron chi connectivity index (χ4n) is 4.13. The molecule has 0 spiro atoms. The van der Waals surface area contributed by atoms with E-state index in [-0.39, 0.29) is 18.4 Å². The van der Waals surface area contributed by atoms with Crippen molar-refractivity contribution in [2.45, 2.75) is 31.7 Å². The van der Waals surface area contributed by atoms with Crippen molar-refractivity contribution in [2.75, 3.05) is 31.5 Å². The Hall–Kier alpha value is -2.61. The fourth-order valence-corrected chi connectivity index (χ4v) is 4.13. The molecule has 144 valence electrons. The quantitative estimate of drug-likeness (QED) is 0.551. The number of carboxylic acids is 1. The Morgan fingerprint density at radius 3 is 2.81 bits per heavy atom. The first kappa shape index (κ1) is 17.8. The van der Waals surface area contributed by atoms with E-state index < -0.39 is 5.97 Å². The molecular weight excluding hydrogens is 346 g/mol. The first-order chi connectivity index (χ1) is 13.1. The van der Waals surface area contributed by atoms with Crippen molar-refractivity contribution in [2.24, 2.45) is 5.92 Å². The van der Waals surface area contributed by atoms with E-state index in [1.54, 1.807) is 0 Å². The van der Waals surface area contributed by atoms with Gasteiger partial charge in [-0.15, -0.1) is 0 Å². The molecule has 4 N–H and O–H groups in total. The van der Waals surface area contributed by atoms with Gasteiger partial charge in [0.05, 0.1) is 5.52 Å². The van der Waals surface area contributed by atoms with Gasteiger partial charge in [0, 0.05) is 36.6 Å². The van der Waals surface area contributed by atoms with Crippen molar-refractivity contribution in [1.29, 1.82) is 0 Å². The van der Waals surface area contributed by atoms with Crippen LogP contribution in [0.2, 0.25) is 0 Å². The Labute approximate surface area is 157 Å². The summed E-state index contributed by atoms with van der Waals surface area (Å²) in [7, 11) is 0. The van der Waals surface area contributed by atoms with E-state index in [1.165, 1.54) is 0 Å². The summed E-state index contributed by atoms with van der Waals surface area (Å²) in [6.45, 7) is 3.77. The second-order valence-electron chi connectivity index (χ2n) is 7.47. The lowest BCUT2D eigenvalue weighted by atomic mass is 9.84. The molecule has 4 heterocycles. The maximum absolute atomic E-state index is 12.8. The van der Waals surface area contributed by atoms with Crippen molar-refractivity contribution in [1.82, 2.24) is 20.4 Å². The van der Waals surface area contributed by atoms with Crippen molar-refractivity contribution in [3.05, 3.63) is 23.9 Å². The van der Waals surface area contributed by atoms with Crippen molar-refractivity contribution >= 4 is 28.5 Å². The highest BCUT2D eigenvalue weighted by molar-refractivity contribution is 6.05. The largest absolute Gasteiger partial charge is 0.481 e. The third-order valence-electron chi connectivity index (χ3n) is 5.65. The van der Waals surface area contributed by atoms with E-state index in [2.05, 4.69) is 25.7 Å². The van der Waals surface area contributed by atoms with Crippen LogP contribution in [-0.2, 0) is 4.79 Å². The second kappa shape index (κ2) is 7.56. The summed E-state index contributed by atoms with van der Waals surface area (Å²) in [6, 6.07) is 5.87. The van der Waals surface area contributed by atoms with Gasteiger partial charge in [-0.2, -0.15) is 5.10 Å². The van der Waals surface area contributed by atoms with Gasteiger partial charge in [-0.1, -0.05) is 0 Å². The Balaban J connectivity index is 1.44. The normalized spacial score (nSPS) is 24.1. The van der Waals surface area contributed by atoms with Gasteiger partial charge in [-0.3, -0.25) is 14.7 Å². The minimum absolute atomic E-state index is 0.133. The van der Waals surface area contributed by atoms with Crippen LogP contribution in [0.4, 0.5) is 5.69 Å². The molecule has 27 heavy (non-hydrogen) atoms. The molecule has 0 radical (unpaired) electrons. The van der Waals surface area contributed by atoms with Crippen LogP contribution < -0.4 is 10.6 Å². The first-order valence-electron chi connectivity index (χ1n) is 9.57. The van der Waals surface area contributed by atoms with Gasteiger partial charge in [0.2, 0.25) is 0 Å². The van der Waals surface area contributed by atoms with Gasteiger partial charge in [-0.05, 0) is 56.5 Å². The highest BCUT2D eigenvalue weighted by Gasteiger charge is 2.35. The average Bonchev–Trinajstić information content (AvgIpc) is 3.09. The Bertz CT molecular complexity index is 841. The third-order valence-corrected chi connectivity index (χ3v) is 5.65. The van der Waals surface area contributed by atoms with Gasteiger partial charge in [-0.25, -0.2) is 0 Å². The van der Waals surface area contributed by atoms with E-state index in [0.29, 0.717) is 24.6 Å². The standard InChI is InChI=1S/C19H25N5O3/c25-17(26)2-1-7-20-13-3-4-15-14(10-13)18(23-22-15)19(27)21-16-11-24-8-5-12(16)6-9-24/h3-4,10,12,16,20H,1-2,5-9,11H2,(H,21,27)(H,22,23)(H,25,26)/t16-/m1/s1. The number of H-pyrrole nitrogens is 1. The minimum atomic E-state index is -0.797. The number of hydrogen-bond acceptors (Lipinski definition) is 5. The van der Waals surface area contributed by atoms with E-state index in [0.717, 1.165) is 49.1 Å². The molecule has 1 aromatic heterocycles. The monoisotopic (exact) mass is 371 g/mol. The van der Waals surface area contributed by atoms with Crippen LogP contribution in [0.1, 0.15) is 36.2 Å². The average molecular weight is 371 g/mol. The second-order valence-corrected chi connectivity index (χ2v) is 7.47. The molecular formula is C19H25N5O3. The van der Waals surface area contributed by atoms with Crippen LogP contribution >= 0.6 is 0 Å². The smallest absolute Gasteiger partial charge is 0.303 e. The number of carboxylic acid groups (broad SMARTS) is 1. The zero-order valence-electron chi connectivity index (χ0n) is 15.2. The number of carbonyl (C=O) groups is 2. The number of piperidine rings is 3. The molecule has 3 saturated heterocycles. The molecule has 2 aromatic rings. The molecule has 1 amide bonds. The van der Waals surface area contributed by atoms with Gasteiger partial charge in [0.15, 0.2) is 5.69 Å². The van der Waals surface area contributed by atoms with Crippen LogP contribution in [0.15, 0.2) is 18.2 Å². The Morgan fingerprint density at radius 2 is 2.11 bits per heavy atom. The number of amides is 1. The Kier molecular flexibility index (Phi) is 4.98. The highest BCUT2D eigenvalue weighted by Crippen LogP contribution is 2.28. The van der Waals surface area contributed by atoms with Gasteiger partial charge in [0.1, 0.15) is 0 Å². The summed E-state index contributed by atoms with van der Waals surface area (Å²) >= 11 is 0. The predicted octanol–water partition coefficient (Wildman–Crippen LogP) is 1.66. The summed E-state index contributed by atoms with van der Waals surface area (Å²) in [4.78, 5) is 25.8. The number of aromatic amines is 1. The molecule has 0 aliphatic carbocycles. The van der Waals surface area contributed by atoms with Crippen LogP contribution in [0.25, 0.3) is 10.9 Å². The zero-order chi connectivity index (χ0) is 18.8.